The van der Waals surface area contributed by atoms with Crippen molar-refractivity contribution in [2.45, 2.75) is 50.0 Å². The number of aliphatic hydroxyl groups is 1. The number of rotatable bonds is 5. The Kier molecular flexibility index (Phi) is 6.39. The molecule has 4 atom stereocenters. The number of nitrogens with one attached hydrogen (secondary N) is 1. The molecule has 1 saturated carbocycles. The third-order valence-electron chi connectivity index (χ3n) is 5.05. The number of alkyl halides is 3. The highest BCUT2D eigenvalue weighted by molar-refractivity contribution is 7.80. The fourth-order valence-corrected chi connectivity index (χ4v) is 3.61. The van der Waals surface area contributed by atoms with Gasteiger partial charge in [0.1, 0.15) is 23.1 Å². The normalized spacial score (nSPS) is 27.8. The number of nitrogens with zero attached hydrogens (tertiary/aromatic N) is 1. The number of cyclic esters (lactones) is 1. The summed E-state index contributed by atoms with van der Waals surface area (Å²) in [6, 6.07) is 4.22. The number of carbonyl (C=O) groups excluding carboxylic acids is 1. The number of hydrogen-bond donors (Lipinski definition) is 2. The van der Waals surface area contributed by atoms with Crippen molar-refractivity contribution in [2.24, 2.45) is 0 Å². The second-order valence-corrected chi connectivity index (χ2v) is 7.40. The average molecular weight is 420 g/mol. The lowest BCUT2D eigenvalue weighted by Gasteiger charge is -2.29. The Hall–Kier alpha value is -1.94. The van der Waals surface area contributed by atoms with Crippen LogP contribution in [0.15, 0.2) is 18.2 Å². The van der Waals surface area contributed by atoms with E-state index in [0.717, 1.165) is 0 Å². The van der Waals surface area contributed by atoms with Crippen LogP contribution in [0.1, 0.15) is 30.7 Å². The van der Waals surface area contributed by atoms with Crippen LogP contribution in [0.5, 0.6) is 0 Å². The molecule has 0 bridgehead atoms. The number of aliphatic hydroxyl groups excluding tert-OH is 1. The van der Waals surface area contributed by atoms with E-state index in [1.165, 1.54) is 23.1 Å². The molecule has 1 saturated heterocycles. The van der Waals surface area contributed by atoms with Gasteiger partial charge in [-0.1, -0.05) is 18.3 Å². The summed E-state index contributed by atoms with van der Waals surface area (Å²) in [6.07, 6.45) is -5.84. The molecule has 28 heavy (non-hydrogen) atoms. The first-order valence-electron chi connectivity index (χ1n) is 8.92. The molecule has 10 heteroatoms. The molecule has 5 nitrogen and oxygen atoms in total. The highest BCUT2D eigenvalue weighted by atomic mass is 32.1. The molecule has 3 rings (SSSR count). The molecular formula is C18H20F4N2O3S. The molecule has 154 valence electrons. The number of ether oxygens (including phenoxy) is 1. The summed E-state index contributed by atoms with van der Waals surface area (Å²) < 4.78 is 58.2. The Labute approximate surface area is 164 Å². The van der Waals surface area contributed by atoms with Gasteiger partial charge < -0.3 is 15.2 Å². The van der Waals surface area contributed by atoms with E-state index in [0.29, 0.717) is 12.0 Å². The molecule has 4 unspecified atom stereocenters. The Morgan fingerprint density at radius 2 is 2.14 bits per heavy atom. The van der Waals surface area contributed by atoms with Gasteiger partial charge in [0.25, 0.3) is 6.43 Å². The Morgan fingerprint density at radius 3 is 2.79 bits per heavy atom. The van der Waals surface area contributed by atoms with Crippen molar-refractivity contribution in [1.82, 2.24) is 5.32 Å². The predicted octanol–water partition coefficient (Wildman–Crippen LogP) is 3.30. The minimum absolute atomic E-state index is 0.0426. The molecule has 1 aliphatic carbocycles. The van der Waals surface area contributed by atoms with E-state index >= 15 is 0 Å². The van der Waals surface area contributed by atoms with Crippen LogP contribution in [-0.4, -0.2) is 54.1 Å². The van der Waals surface area contributed by atoms with Gasteiger partial charge in [-0.2, -0.15) is 0 Å². The lowest BCUT2D eigenvalue weighted by atomic mass is 9.81. The van der Waals surface area contributed by atoms with Crippen molar-refractivity contribution < 1.29 is 32.2 Å². The molecule has 1 heterocycles. The summed E-state index contributed by atoms with van der Waals surface area (Å²) >= 11 is 4.47. The maximum atomic E-state index is 14.6. The lowest BCUT2D eigenvalue weighted by Crippen LogP contribution is -2.36. The van der Waals surface area contributed by atoms with Gasteiger partial charge in [0, 0.05) is 0 Å². The first kappa shape index (κ1) is 20.8. The minimum Gasteiger partial charge on any atom is -0.442 e. The lowest BCUT2D eigenvalue weighted by molar-refractivity contribution is 0.0364. The first-order chi connectivity index (χ1) is 13.3. The van der Waals surface area contributed by atoms with Crippen LogP contribution in [0, 0.1) is 5.82 Å². The summed E-state index contributed by atoms with van der Waals surface area (Å²) in [7, 11) is 0. The van der Waals surface area contributed by atoms with Gasteiger partial charge in [-0.25, -0.2) is 22.4 Å². The molecular weight excluding hydrogens is 400 g/mol. The zero-order chi connectivity index (χ0) is 20.4. The highest BCUT2D eigenvalue weighted by Crippen LogP contribution is 2.37. The van der Waals surface area contributed by atoms with Gasteiger partial charge in [0.15, 0.2) is 0 Å². The fourth-order valence-electron chi connectivity index (χ4n) is 3.53. The number of thiocarbonyl (C=S) groups is 1. The highest BCUT2D eigenvalue weighted by Gasteiger charge is 2.34. The number of amides is 1. The van der Waals surface area contributed by atoms with Gasteiger partial charge in [0.05, 0.1) is 24.9 Å². The summed E-state index contributed by atoms with van der Waals surface area (Å²) in [6.45, 7) is -0.0209. The predicted molar refractivity (Wildman–Crippen MR) is 98.1 cm³/mol. The number of hydrogen-bond acceptors (Lipinski definition) is 4. The largest absolute Gasteiger partial charge is 0.442 e. The standard InChI is InChI=1S/C18H20F4N2O3S/c19-13-6-10(2-3-12(13)9-1-4-15(25)14(20)5-9)24-8-11(27-18(24)26)7-23-17(28)16(21)22/h2-3,6,9,11,14-16,25H,1,4-5,7-8H2,(H,23,28). The zero-order valence-corrected chi connectivity index (χ0v) is 15.6. The molecule has 2 aliphatic rings. The van der Waals surface area contributed by atoms with Crippen molar-refractivity contribution in [2.75, 3.05) is 18.0 Å². The van der Waals surface area contributed by atoms with Gasteiger partial charge >= 0.3 is 6.09 Å². The molecule has 1 amide bonds. The SMILES string of the molecule is O=C1OC(CNC(=S)C(F)F)CN1c1ccc(C2CCC(O)C(F)C2)c(F)c1. The van der Waals surface area contributed by atoms with Gasteiger partial charge in [-0.3, -0.25) is 4.90 Å². The number of benzene rings is 1. The van der Waals surface area contributed by atoms with Crippen LogP contribution in [0.3, 0.4) is 0 Å². The van der Waals surface area contributed by atoms with Crippen molar-refractivity contribution in [3.05, 3.63) is 29.6 Å². The van der Waals surface area contributed by atoms with Gasteiger partial charge in [0.2, 0.25) is 0 Å². The Balaban J connectivity index is 1.65. The fraction of sp³-hybridized carbons (Fsp3) is 0.556. The van der Waals surface area contributed by atoms with Crippen LogP contribution in [0.4, 0.5) is 28.0 Å². The smallest absolute Gasteiger partial charge is 0.414 e. The summed E-state index contributed by atoms with van der Waals surface area (Å²) in [4.78, 5) is 12.6. The van der Waals surface area contributed by atoms with Crippen LogP contribution in [0.25, 0.3) is 0 Å². The van der Waals surface area contributed by atoms with Gasteiger partial charge in [-0.15, -0.1) is 0 Å². The van der Waals surface area contributed by atoms with Crippen molar-refractivity contribution in [3.63, 3.8) is 0 Å². The molecule has 2 N–H and O–H groups in total. The van der Waals surface area contributed by atoms with Crippen LogP contribution in [-0.2, 0) is 4.74 Å². The molecule has 1 aromatic rings. The Morgan fingerprint density at radius 1 is 1.39 bits per heavy atom. The third kappa shape index (κ3) is 4.54. The van der Waals surface area contributed by atoms with Gasteiger partial charge in [-0.05, 0) is 42.9 Å². The molecule has 1 aromatic carbocycles. The quantitative estimate of drug-likeness (QED) is 0.566. The number of carbonyl (C=O) groups is 1. The zero-order valence-electron chi connectivity index (χ0n) is 14.8. The van der Waals surface area contributed by atoms with E-state index in [-0.39, 0.29) is 37.5 Å². The average Bonchev–Trinajstić information content (AvgIpc) is 3.02. The Bertz CT molecular complexity index is 752. The second-order valence-electron chi connectivity index (χ2n) is 6.96. The maximum Gasteiger partial charge on any atom is 0.414 e. The number of halogens is 4. The first-order valence-corrected chi connectivity index (χ1v) is 9.32. The monoisotopic (exact) mass is 420 g/mol. The second kappa shape index (κ2) is 8.60. The van der Waals surface area contributed by atoms with E-state index in [1.807, 2.05) is 0 Å². The van der Waals surface area contributed by atoms with Crippen LogP contribution < -0.4 is 10.2 Å². The molecule has 1 aliphatic heterocycles. The topological polar surface area (TPSA) is 61.8 Å². The molecule has 0 aromatic heterocycles. The summed E-state index contributed by atoms with van der Waals surface area (Å²) in [5.41, 5.74) is 0.601. The van der Waals surface area contributed by atoms with E-state index < -0.39 is 41.7 Å². The number of anilines is 1. The van der Waals surface area contributed by atoms with Crippen molar-refractivity contribution in [1.29, 1.82) is 0 Å². The van der Waals surface area contributed by atoms with E-state index in [9.17, 15) is 27.5 Å². The van der Waals surface area contributed by atoms with Crippen molar-refractivity contribution in [3.8, 4) is 0 Å². The molecule has 2 fully saturated rings. The summed E-state index contributed by atoms with van der Waals surface area (Å²) in [5.74, 6) is -0.912. The van der Waals surface area contributed by atoms with Crippen LogP contribution in [0.2, 0.25) is 0 Å². The third-order valence-corrected chi connectivity index (χ3v) is 5.37. The molecule has 0 spiro atoms. The minimum atomic E-state index is -2.80. The van der Waals surface area contributed by atoms with Crippen molar-refractivity contribution >= 4 is 29.0 Å². The van der Waals surface area contributed by atoms with Crippen LogP contribution >= 0.6 is 12.2 Å². The molecule has 0 radical (unpaired) electrons. The van der Waals surface area contributed by atoms with E-state index in [1.54, 1.807) is 0 Å². The van der Waals surface area contributed by atoms with E-state index in [4.69, 9.17) is 4.74 Å². The maximum absolute atomic E-state index is 14.6. The summed E-state index contributed by atoms with van der Waals surface area (Å²) in [5, 5.41) is 11.8. The van der Waals surface area contributed by atoms with E-state index in [2.05, 4.69) is 17.5 Å².